The first-order valence-electron chi connectivity index (χ1n) is 13.0. The summed E-state index contributed by atoms with van der Waals surface area (Å²) in [5, 5.41) is 5.79. The van der Waals surface area contributed by atoms with Gasteiger partial charge in [0.15, 0.2) is 0 Å². The van der Waals surface area contributed by atoms with Gasteiger partial charge in [0.2, 0.25) is 0 Å². The molecule has 1 atom stereocenters. The number of likely N-dealkylation sites (tertiary alicyclic amines) is 1. The summed E-state index contributed by atoms with van der Waals surface area (Å²) in [6, 6.07) is 15.8. The molecule has 0 aliphatic carbocycles. The van der Waals surface area contributed by atoms with E-state index in [0.717, 1.165) is 30.1 Å². The zero-order chi connectivity index (χ0) is 25.3. The fourth-order valence-electron chi connectivity index (χ4n) is 4.71. The lowest BCUT2D eigenvalue weighted by Crippen LogP contribution is -2.39. The van der Waals surface area contributed by atoms with Crippen molar-refractivity contribution in [2.24, 2.45) is 0 Å². The third-order valence-corrected chi connectivity index (χ3v) is 7.67. The maximum atomic E-state index is 13.4. The molecule has 0 radical (unpaired) electrons. The number of nitrogens with one attached hydrogen (secondary N) is 1. The number of thiazole rings is 1. The SMILES string of the molecule is Cc1ccc(CN(Cc2ccc(F)cc2)Cc2nc(C(=O)NCCCN3CCCCC3C)cs2)cc1. The number of carbonyl (C=O) groups excluding carboxylic acids is 1. The summed E-state index contributed by atoms with van der Waals surface area (Å²) in [5.41, 5.74) is 3.96. The van der Waals surface area contributed by atoms with Crippen LogP contribution in [0.4, 0.5) is 4.39 Å². The first-order chi connectivity index (χ1) is 17.5. The number of rotatable bonds is 11. The van der Waals surface area contributed by atoms with Crippen molar-refractivity contribution >= 4 is 17.2 Å². The predicted molar refractivity (Wildman–Crippen MR) is 144 cm³/mol. The molecule has 36 heavy (non-hydrogen) atoms. The Hall–Kier alpha value is -2.61. The van der Waals surface area contributed by atoms with Crippen LogP contribution in [0.15, 0.2) is 53.9 Å². The van der Waals surface area contributed by atoms with Crippen LogP contribution in [0, 0.1) is 12.7 Å². The van der Waals surface area contributed by atoms with Crippen LogP contribution in [-0.2, 0) is 19.6 Å². The van der Waals surface area contributed by atoms with Crippen molar-refractivity contribution in [3.63, 3.8) is 0 Å². The highest BCUT2D eigenvalue weighted by atomic mass is 32.1. The summed E-state index contributed by atoms with van der Waals surface area (Å²) in [4.78, 5) is 22.1. The molecule has 0 bridgehead atoms. The Bertz CT molecular complexity index is 1050. The molecule has 3 aromatic rings. The molecule has 0 saturated carbocycles. The Balaban J connectivity index is 1.32. The van der Waals surface area contributed by atoms with Gasteiger partial charge in [-0.2, -0.15) is 0 Å². The topological polar surface area (TPSA) is 48.5 Å². The van der Waals surface area contributed by atoms with Crippen LogP contribution < -0.4 is 5.32 Å². The molecule has 0 spiro atoms. The Morgan fingerprint density at radius 1 is 1.08 bits per heavy atom. The summed E-state index contributed by atoms with van der Waals surface area (Å²) in [5.74, 6) is -0.335. The van der Waals surface area contributed by atoms with E-state index in [1.165, 1.54) is 60.4 Å². The van der Waals surface area contributed by atoms with E-state index in [2.05, 4.69) is 58.2 Å². The van der Waals surface area contributed by atoms with E-state index in [9.17, 15) is 9.18 Å². The van der Waals surface area contributed by atoms with E-state index in [1.54, 1.807) is 0 Å². The average Bonchev–Trinajstić information content (AvgIpc) is 3.34. The van der Waals surface area contributed by atoms with Crippen LogP contribution in [-0.4, -0.2) is 46.4 Å². The van der Waals surface area contributed by atoms with E-state index in [-0.39, 0.29) is 11.7 Å². The van der Waals surface area contributed by atoms with Gasteiger partial charge in [-0.25, -0.2) is 9.37 Å². The van der Waals surface area contributed by atoms with E-state index in [0.29, 0.717) is 31.4 Å². The second-order valence-corrected chi connectivity index (χ2v) is 10.8. The minimum atomic E-state index is -0.232. The molecule has 1 N–H and O–H groups in total. The lowest BCUT2D eigenvalue weighted by molar-refractivity contribution is 0.0944. The van der Waals surface area contributed by atoms with Crippen molar-refractivity contribution in [3.8, 4) is 0 Å². The second-order valence-electron chi connectivity index (χ2n) is 9.87. The molecule has 1 unspecified atom stereocenters. The molecule has 2 aromatic carbocycles. The van der Waals surface area contributed by atoms with Gasteiger partial charge in [0.05, 0.1) is 6.54 Å². The highest BCUT2D eigenvalue weighted by Crippen LogP contribution is 2.19. The normalized spacial score (nSPS) is 16.4. The first-order valence-corrected chi connectivity index (χ1v) is 13.8. The van der Waals surface area contributed by atoms with Crippen molar-refractivity contribution in [1.29, 1.82) is 0 Å². The molecular weight excluding hydrogens is 471 g/mol. The van der Waals surface area contributed by atoms with Crippen LogP contribution in [0.5, 0.6) is 0 Å². The van der Waals surface area contributed by atoms with E-state index in [4.69, 9.17) is 0 Å². The molecule has 7 heteroatoms. The summed E-state index contributed by atoms with van der Waals surface area (Å²) in [6.45, 7) is 9.28. The summed E-state index contributed by atoms with van der Waals surface area (Å²) in [6.07, 6.45) is 4.83. The molecule has 1 saturated heterocycles. The Morgan fingerprint density at radius 2 is 1.78 bits per heavy atom. The molecule has 1 aliphatic heterocycles. The van der Waals surface area contributed by atoms with Crippen LogP contribution >= 0.6 is 11.3 Å². The highest BCUT2D eigenvalue weighted by molar-refractivity contribution is 7.09. The van der Waals surface area contributed by atoms with E-state index < -0.39 is 0 Å². The fourth-order valence-corrected chi connectivity index (χ4v) is 5.53. The van der Waals surface area contributed by atoms with Crippen molar-refractivity contribution in [2.45, 2.75) is 65.2 Å². The van der Waals surface area contributed by atoms with Gasteiger partial charge in [0.1, 0.15) is 16.5 Å². The lowest BCUT2D eigenvalue weighted by Gasteiger charge is -2.33. The number of benzene rings is 2. The molecule has 1 aliphatic rings. The largest absolute Gasteiger partial charge is 0.351 e. The van der Waals surface area contributed by atoms with Gasteiger partial charge in [0, 0.05) is 37.6 Å². The van der Waals surface area contributed by atoms with Gasteiger partial charge >= 0.3 is 0 Å². The van der Waals surface area contributed by atoms with Crippen molar-refractivity contribution < 1.29 is 9.18 Å². The molecule has 192 valence electrons. The first kappa shape index (κ1) is 26.5. The third-order valence-electron chi connectivity index (χ3n) is 6.84. The Kier molecular flexibility index (Phi) is 9.61. The molecule has 4 rings (SSSR count). The van der Waals surface area contributed by atoms with E-state index >= 15 is 0 Å². The quantitative estimate of drug-likeness (QED) is 0.333. The zero-order valence-corrected chi connectivity index (χ0v) is 22.2. The van der Waals surface area contributed by atoms with Gasteiger partial charge < -0.3 is 10.2 Å². The van der Waals surface area contributed by atoms with Crippen LogP contribution in [0.2, 0.25) is 0 Å². The van der Waals surface area contributed by atoms with Crippen LogP contribution in [0.25, 0.3) is 0 Å². The van der Waals surface area contributed by atoms with E-state index in [1.807, 2.05) is 17.5 Å². The van der Waals surface area contributed by atoms with Crippen LogP contribution in [0.1, 0.15) is 64.8 Å². The monoisotopic (exact) mass is 508 g/mol. The minimum absolute atomic E-state index is 0.104. The summed E-state index contributed by atoms with van der Waals surface area (Å²) >= 11 is 1.51. The predicted octanol–water partition coefficient (Wildman–Crippen LogP) is 5.79. The molecular formula is C29H37FN4OS. The van der Waals surface area contributed by atoms with Gasteiger partial charge in [0.25, 0.3) is 5.91 Å². The van der Waals surface area contributed by atoms with Gasteiger partial charge in [-0.1, -0.05) is 48.4 Å². The molecule has 2 heterocycles. The number of aromatic nitrogens is 1. The zero-order valence-electron chi connectivity index (χ0n) is 21.4. The maximum absolute atomic E-state index is 13.4. The van der Waals surface area contributed by atoms with Crippen molar-refractivity contribution in [2.75, 3.05) is 19.6 Å². The minimum Gasteiger partial charge on any atom is -0.351 e. The number of carbonyl (C=O) groups is 1. The van der Waals surface area contributed by atoms with Crippen molar-refractivity contribution in [3.05, 3.63) is 87.1 Å². The number of aryl methyl sites for hydroxylation is 1. The van der Waals surface area contributed by atoms with Gasteiger partial charge in [-0.3, -0.25) is 9.69 Å². The third kappa shape index (κ3) is 7.95. The van der Waals surface area contributed by atoms with Crippen LogP contribution in [0.3, 0.4) is 0 Å². The van der Waals surface area contributed by atoms with Gasteiger partial charge in [-0.05, 0) is 62.9 Å². The number of halogens is 1. The number of amides is 1. The maximum Gasteiger partial charge on any atom is 0.270 e. The summed E-state index contributed by atoms with van der Waals surface area (Å²) in [7, 11) is 0. The summed E-state index contributed by atoms with van der Waals surface area (Å²) < 4.78 is 13.4. The molecule has 1 fully saturated rings. The second kappa shape index (κ2) is 13.1. The number of piperidine rings is 1. The molecule has 5 nitrogen and oxygen atoms in total. The number of hydrogen-bond acceptors (Lipinski definition) is 5. The Labute approximate surface area is 218 Å². The van der Waals surface area contributed by atoms with Crippen molar-refractivity contribution in [1.82, 2.24) is 20.1 Å². The highest BCUT2D eigenvalue weighted by Gasteiger charge is 2.18. The Morgan fingerprint density at radius 3 is 2.47 bits per heavy atom. The lowest BCUT2D eigenvalue weighted by atomic mass is 10.0. The average molecular weight is 509 g/mol. The fraction of sp³-hybridized carbons (Fsp3) is 0.448. The smallest absolute Gasteiger partial charge is 0.270 e. The number of hydrogen-bond donors (Lipinski definition) is 1. The standard InChI is InChI=1S/C29H37FN4OS/c1-22-7-9-24(10-8-22)18-33(19-25-11-13-26(30)14-12-25)20-28-32-27(21-36-28)29(35)31-15-5-17-34-16-4-3-6-23(34)2/h7-14,21,23H,3-6,15-20H2,1-2H3,(H,31,35). The molecule has 1 aromatic heterocycles. The van der Waals surface area contributed by atoms with Gasteiger partial charge in [-0.15, -0.1) is 11.3 Å². The number of nitrogens with zero attached hydrogens (tertiary/aromatic N) is 3. The molecule has 1 amide bonds.